The van der Waals surface area contributed by atoms with Gasteiger partial charge in [-0.25, -0.2) is 24.5 Å². The van der Waals surface area contributed by atoms with Crippen LogP contribution in [0.4, 0.5) is 0 Å². The van der Waals surface area contributed by atoms with E-state index in [4.69, 9.17) is 29.2 Å². The number of fused-ring (bicyclic) bond motifs is 9. The standard InChI is InChI=1S/C49H31N6O5P/c1-59-38-24-34(40-16-12-30-8-6-28-4-2-20-50-44(28)46(30)52-40)22-35(25-38)41-18-14-32-10-11-33-15-19-43(55-49(33)48(32)54-41)37-23-36(26-39(27-37)60-61(56,57)58)42-17-13-31-9-7-29-5-3-21-51-45(29)47(31)53-42/h2-27H,1H3,(H2,56,57,58). The minimum absolute atomic E-state index is 0.0295. The van der Waals surface area contributed by atoms with Crippen LogP contribution in [0.1, 0.15) is 0 Å². The number of hydrogen-bond donors (Lipinski definition) is 2. The first kappa shape index (κ1) is 36.4. The number of aromatic nitrogens is 6. The molecule has 0 spiro atoms. The van der Waals surface area contributed by atoms with Crippen LogP contribution in [0.5, 0.6) is 11.5 Å². The van der Waals surface area contributed by atoms with Crippen molar-refractivity contribution < 1.29 is 23.6 Å². The second kappa shape index (κ2) is 14.2. The fraction of sp³-hybridized carbons (Fsp3) is 0.0204. The van der Waals surface area contributed by atoms with Crippen molar-refractivity contribution in [1.82, 2.24) is 29.9 Å². The summed E-state index contributed by atoms with van der Waals surface area (Å²) in [4.78, 5) is 49.3. The van der Waals surface area contributed by atoms with Gasteiger partial charge in [-0.3, -0.25) is 19.8 Å². The molecule has 0 unspecified atom stereocenters. The van der Waals surface area contributed by atoms with Crippen LogP contribution in [-0.4, -0.2) is 46.8 Å². The minimum Gasteiger partial charge on any atom is -0.497 e. The SMILES string of the molecule is COc1cc(-c2ccc3ccc4cccnc4c3n2)cc(-c2ccc3ccc4ccc(-c5cc(OP(=O)(O)O)cc(-c6ccc7ccc8cccnc8c7n6)c5)nc4c3n2)c1. The first-order valence-electron chi connectivity index (χ1n) is 19.3. The van der Waals surface area contributed by atoms with Crippen molar-refractivity contribution >= 4 is 73.2 Å². The molecule has 5 aromatic carbocycles. The van der Waals surface area contributed by atoms with Crippen LogP contribution in [0.2, 0.25) is 0 Å². The van der Waals surface area contributed by atoms with Crippen LogP contribution >= 0.6 is 7.82 Å². The lowest BCUT2D eigenvalue weighted by molar-refractivity contribution is 0.283. The molecule has 11 nitrogen and oxygen atoms in total. The third kappa shape index (κ3) is 6.73. The van der Waals surface area contributed by atoms with Gasteiger partial charge >= 0.3 is 7.82 Å². The van der Waals surface area contributed by atoms with Crippen LogP contribution in [0.25, 0.3) is 110 Å². The summed E-state index contributed by atoms with van der Waals surface area (Å²) < 4.78 is 23.1. The summed E-state index contributed by atoms with van der Waals surface area (Å²) >= 11 is 0. The third-order valence-corrected chi connectivity index (χ3v) is 11.3. The summed E-state index contributed by atoms with van der Waals surface area (Å²) in [5.41, 5.74) is 9.90. The molecular formula is C49H31N6O5P. The molecule has 0 saturated carbocycles. The van der Waals surface area contributed by atoms with Gasteiger partial charge in [0.05, 0.1) is 63.0 Å². The van der Waals surface area contributed by atoms with E-state index in [1.54, 1.807) is 31.6 Å². The third-order valence-electron chi connectivity index (χ3n) is 10.8. The Kier molecular flexibility index (Phi) is 8.50. The lowest BCUT2D eigenvalue weighted by Crippen LogP contribution is -1.95. The Bertz CT molecular complexity index is 3650. The van der Waals surface area contributed by atoms with Crippen molar-refractivity contribution in [3.8, 4) is 56.5 Å². The van der Waals surface area contributed by atoms with E-state index in [0.29, 0.717) is 50.5 Å². The Labute approximate surface area is 347 Å². The van der Waals surface area contributed by atoms with E-state index in [1.807, 2.05) is 109 Å². The highest BCUT2D eigenvalue weighted by Gasteiger charge is 2.19. The summed E-state index contributed by atoms with van der Waals surface area (Å²) in [7, 11) is -3.28. The van der Waals surface area contributed by atoms with E-state index < -0.39 is 7.82 Å². The second-order valence-corrected chi connectivity index (χ2v) is 15.9. The topological polar surface area (TPSA) is 153 Å². The van der Waals surface area contributed by atoms with E-state index in [2.05, 4.69) is 34.2 Å². The zero-order valence-electron chi connectivity index (χ0n) is 32.3. The van der Waals surface area contributed by atoms with Gasteiger partial charge < -0.3 is 9.26 Å². The molecule has 12 heteroatoms. The zero-order valence-corrected chi connectivity index (χ0v) is 33.2. The van der Waals surface area contributed by atoms with E-state index in [9.17, 15) is 14.4 Å². The van der Waals surface area contributed by atoms with Gasteiger partial charge in [0.15, 0.2) is 0 Å². The van der Waals surface area contributed by atoms with E-state index in [0.717, 1.165) is 65.7 Å². The van der Waals surface area contributed by atoms with Crippen molar-refractivity contribution in [2.24, 2.45) is 0 Å². The highest BCUT2D eigenvalue weighted by molar-refractivity contribution is 7.46. The first-order valence-corrected chi connectivity index (χ1v) is 20.9. The fourth-order valence-electron chi connectivity index (χ4n) is 7.96. The van der Waals surface area contributed by atoms with E-state index >= 15 is 0 Å². The molecule has 61 heavy (non-hydrogen) atoms. The molecule has 0 bridgehead atoms. The van der Waals surface area contributed by atoms with Gasteiger partial charge in [-0.1, -0.05) is 72.8 Å². The van der Waals surface area contributed by atoms with Gasteiger partial charge in [0.2, 0.25) is 0 Å². The lowest BCUT2D eigenvalue weighted by Gasteiger charge is -2.13. The molecule has 0 aliphatic heterocycles. The Morgan fingerprint density at radius 2 is 0.721 bits per heavy atom. The van der Waals surface area contributed by atoms with Crippen LogP contribution < -0.4 is 9.26 Å². The van der Waals surface area contributed by atoms with Crippen molar-refractivity contribution in [2.45, 2.75) is 0 Å². The van der Waals surface area contributed by atoms with Crippen LogP contribution in [0.3, 0.4) is 0 Å². The van der Waals surface area contributed by atoms with E-state index in [1.165, 1.54) is 0 Å². The number of hydrogen-bond acceptors (Lipinski definition) is 9. The highest BCUT2D eigenvalue weighted by Crippen LogP contribution is 2.42. The number of pyridine rings is 6. The molecule has 6 heterocycles. The molecule has 11 rings (SSSR count). The molecular weight excluding hydrogens is 784 g/mol. The quantitative estimate of drug-likeness (QED) is 0.117. The smallest absolute Gasteiger partial charge is 0.497 e. The molecule has 6 aromatic heterocycles. The Balaban J connectivity index is 1.03. The lowest BCUT2D eigenvalue weighted by atomic mass is 10.0. The maximum absolute atomic E-state index is 12.1. The number of rotatable bonds is 7. The predicted octanol–water partition coefficient (Wildman–Crippen LogP) is 11.1. The number of phosphoric acid groups is 1. The molecule has 0 atom stereocenters. The van der Waals surface area contributed by atoms with Gasteiger partial charge in [-0.15, -0.1) is 0 Å². The van der Waals surface area contributed by atoms with Crippen molar-refractivity contribution in [1.29, 1.82) is 0 Å². The first-order chi connectivity index (χ1) is 29.7. The van der Waals surface area contributed by atoms with E-state index in [-0.39, 0.29) is 5.75 Å². The monoisotopic (exact) mass is 814 g/mol. The summed E-state index contributed by atoms with van der Waals surface area (Å²) in [5, 5.41) is 5.64. The second-order valence-electron chi connectivity index (χ2n) is 14.7. The Morgan fingerprint density at radius 3 is 1.07 bits per heavy atom. The molecule has 0 amide bonds. The molecule has 292 valence electrons. The Morgan fingerprint density at radius 1 is 0.410 bits per heavy atom. The van der Waals surface area contributed by atoms with Crippen molar-refractivity contribution in [3.05, 3.63) is 158 Å². The van der Waals surface area contributed by atoms with Gasteiger partial charge in [-0.2, -0.15) is 0 Å². The number of methoxy groups -OCH3 is 1. The van der Waals surface area contributed by atoms with Gasteiger partial charge in [-0.05, 0) is 72.8 Å². The maximum atomic E-state index is 12.1. The van der Waals surface area contributed by atoms with Gasteiger partial charge in [0.1, 0.15) is 11.5 Å². The summed E-state index contributed by atoms with van der Waals surface area (Å²) in [6, 6.07) is 46.6. The molecule has 11 aromatic rings. The zero-order chi connectivity index (χ0) is 41.2. The predicted molar refractivity (Wildman–Crippen MR) is 239 cm³/mol. The van der Waals surface area contributed by atoms with Crippen LogP contribution in [0, 0.1) is 0 Å². The van der Waals surface area contributed by atoms with Crippen molar-refractivity contribution in [2.75, 3.05) is 7.11 Å². The number of ether oxygens (including phenoxy) is 1. The average Bonchev–Trinajstić information content (AvgIpc) is 3.29. The minimum atomic E-state index is -4.92. The summed E-state index contributed by atoms with van der Waals surface area (Å²) in [6.45, 7) is 0. The number of phosphoric ester groups is 1. The normalized spacial score (nSPS) is 11.9. The number of benzene rings is 5. The molecule has 0 saturated heterocycles. The molecule has 0 radical (unpaired) electrons. The van der Waals surface area contributed by atoms with Crippen molar-refractivity contribution in [3.63, 3.8) is 0 Å². The van der Waals surface area contributed by atoms with Gasteiger partial charge in [0.25, 0.3) is 0 Å². The van der Waals surface area contributed by atoms with Crippen LogP contribution in [0.15, 0.2) is 158 Å². The molecule has 2 N–H and O–H groups in total. The summed E-state index contributed by atoms with van der Waals surface area (Å²) in [5.74, 6) is 0.627. The average molecular weight is 815 g/mol. The molecule has 0 aliphatic carbocycles. The fourth-order valence-corrected chi connectivity index (χ4v) is 8.34. The maximum Gasteiger partial charge on any atom is 0.524 e. The largest absolute Gasteiger partial charge is 0.524 e. The van der Waals surface area contributed by atoms with Crippen LogP contribution in [-0.2, 0) is 4.57 Å². The highest BCUT2D eigenvalue weighted by atomic mass is 31.2. The molecule has 0 aliphatic rings. The summed E-state index contributed by atoms with van der Waals surface area (Å²) in [6.07, 6.45) is 3.51. The Hall–Kier alpha value is -7.69. The number of nitrogens with zero attached hydrogens (tertiary/aromatic N) is 6. The van der Waals surface area contributed by atoms with Gasteiger partial charge in [0, 0.05) is 67.0 Å². The molecule has 0 fully saturated rings.